The van der Waals surface area contributed by atoms with Gasteiger partial charge in [0.05, 0.1) is 46.0 Å². The molecule has 0 unspecified atom stereocenters. The van der Waals surface area contributed by atoms with Crippen molar-refractivity contribution >= 4 is 22.8 Å². The van der Waals surface area contributed by atoms with Crippen LogP contribution in [0.2, 0.25) is 5.15 Å². The van der Waals surface area contributed by atoms with Crippen LogP contribution < -0.4 is 0 Å². The molecule has 49 heavy (non-hydrogen) atoms. The Hall–Kier alpha value is -4.48. The lowest BCUT2D eigenvalue weighted by molar-refractivity contribution is -0.199. The highest BCUT2D eigenvalue weighted by Gasteiger charge is 2.59. The van der Waals surface area contributed by atoms with Gasteiger partial charge in [0.25, 0.3) is 0 Å². The van der Waals surface area contributed by atoms with E-state index in [0.717, 1.165) is 22.3 Å². The maximum Gasteiger partial charge on any atom is 0.200 e. The summed E-state index contributed by atoms with van der Waals surface area (Å²) >= 11 is 6.51. The van der Waals surface area contributed by atoms with Crippen LogP contribution in [0.4, 0.5) is 0 Å². The maximum atomic E-state index is 7.14. The van der Waals surface area contributed by atoms with Gasteiger partial charge in [0.2, 0.25) is 0 Å². The van der Waals surface area contributed by atoms with Crippen molar-refractivity contribution in [1.82, 2.24) is 19.5 Å². The van der Waals surface area contributed by atoms with Crippen LogP contribution in [-0.4, -0.2) is 51.0 Å². The van der Waals surface area contributed by atoms with Gasteiger partial charge in [0.15, 0.2) is 16.5 Å². The van der Waals surface area contributed by atoms with Crippen molar-refractivity contribution in [3.63, 3.8) is 0 Å². The first kappa shape index (κ1) is 33.0. The van der Waals surface area contributed by atoms with Crippen molar-refractivity contribution < 1.29 is 23.7 Å². The van der Waals surface area contributed by atoms with Crippen LogP contribution in [0.1, 0.15) is 22.3 Å². The van der Waals surface area contributed by atoms with Gasteiger partial charge in [-0.2, -0.15) is 0 Å². The molecule has 0 amide bonds. The second kappa shape index (κ2) is 15.8. The topological polar surface area (TPSA) is 89.8 Å². The average molecular weight is 677 g/mol. The number of rotatable bonds is 15. The van der Waals surface area contributed by atoms with E-state index < -0.39 is 24.0 Å². The zero-order valence-corrected chi connectivity index (χ0v) is 27.6. The number of benzene rings is 4. The minimum Gasteiger partial charge on any atom is -0.374 e. The summed E-state index contributed by atoms with van der Waals surface area (Å²) in [6.45, 7) is 1.74. The molecule has 0 radical (unpaired) electrons. The number of aromatic nitrogens is 4. The van der Waals surface area contributed by atoms with E-state index in [9.17, 15) is 0 Å². The molecule has 250 valence electrons. The van der Waals surface area contributed by atoms with E-state index in [4.69, 9.17) is 35.3 Å². The molecule has 7 rings (SSSR count). The molecule has 2 aromatic heterocycles. The van der Waals surface area contributed by atoms with Crippen LogP contribution >= 0.6 is 11.6 Å². The number of fused-ring (bicyclic) bond motifs is 1. The van der Waals surface area contributed by atoms with E-state index in [1.165, 1.54) is 6.33 Å². The highest BCUT2D eigenvalue weighted by atomic mass is 35.5. The molecule has 0 bridgehead atoms. The van der Waals surface area contributed by atoms with Gasteiger partial charge in [-0.25, -0.2) is 15.0 Å². The van der Waals surface area contributed by atoms with Gasteiger partial charge in [-0.15, -0.1) is 0 Å². The van der Waals surface area contributed by atoms with Crippen LogP contribution in [0.25, 0.3) is 11.2 Å². The third-order valence-electron chi connectivity index (χ3n) is 8.53. The van der Waals surface area contributed by atoms with Crippen molar-refractivity contribution in [1.29, 1.82) is 0 Å². The standard InChI is InChI=1S/C39H37ClN4O5/c40-37-34-38(42-27-41-37)44(28-43-34)39(26-46-22-30-15-7-2-8-16-30)36(48-24-32-19-11-4-12-20-32)35(47-23-31-17-9-3-10-18-31)33(49-39)25-45-21-29-13-5-1-6-14-29/h1-20,27-28,33,35-36H,21-26H2/t33-,35-,36+,39-/m1/s1. The quantitative estimate of drug-likeness (QED) is 0.106. The predicted molar refractivity (Wildman–Crippen MR) is 185 cm³/mol. The van der Waals surface area contributed by atoms with Crippen molar-refractivity contribution in [2.24, 2.45) is 0 Å². The summed E-state index contributed by atoms with van der Waals surface area (Å²) in [5.41, 5.74) is 3.78. The first-order valence-corrected chi connectivity index (χ1v) is 16.6. The molecule has 0 spiro atoms. The van der Waals surface area contributed by atoms with Gasteiger partial charge in [-0.1, -0.05) is 133 Å². The fourth-order valence-electron chi connectivity index (χ4n) is 6.14. The number of hydrogen-bond donors (Lipinski definition) is 0. The fourth-order valence-corrected chi connectivity index (χ4v) is 6.32. The highest BCUT2D eigenvalue weighted by Crippen LogP contribution is 2.42. The van der Waals surface area contributed by atoms with E-state index in [1.54, 1.807) is 6.33 Å². The lowest BCUT2D eigenvalue weighted by atomic mass is 10.0. The SMILES string of the molecule is Clc1ncnc2c1ncn2[C@]1(COCc2ccccc2)O[C@H](COCc2ccccc2)[C@@H](OCc2ccccc2)[C@@H]1OCc1ccccc1. The summed E-state index contributed by atoms with van der Waals surface area (Å²) < 4.78 is 35.5. The highest BCUT2D eigenvalue weighted by molar-refractivity contribution is 6.33. The van der Waals surface area contributed by atoms with E-state index in [0.29, 0.717) is 37.6 Å². The molecule has 1 fully saturated rings. The Morgan fingerprint density at radius 1 is 0.633 bits per heavy atom. The van der Waals surface area contributed by atoms with Crippen LogP contribution in [0.15, 0.2) is 134 Å². The number of ether oxygens (including phenoxy) is 5. The fraction of sp³-hybridized carbons (Fsp3) is 0.256. The summed E-state index contributed by atoms with van der Waals surface area (Å²) in [5.74, 6) is 0. The van der Waals surface area contributed by atoms with Crippen molar-refractivity contribution in [2.45, 2.75) is 50.5 Å². The van der Waals surface area contributed by atoms with Gasteiger partial charge in [-0.3, -0.25) is 4.57 Å². The lowest BCUT2D eigenvalue weighted by Crippen LogP contribution is -2.51. The Kier molecular flexibility index (Phi) is 10.7. The zero-order chi connectivity index (χ0) is 33.3. The van der Waals surface area contributed by atoms with Crippen molar-refractivity contribution in [3.8, 4) is 0 Å². The van der Waals surface area contributed by atoms with Gasteiger partial charge in [0.1, 0.15) is 30.2 Å². The molecule has 4 aromatic carbocycles. The minimum atomic E-state index is -1.28. The van der Waals surface area contributed by atoms with E-state index in [-0.39, 0.29) is 18.4 Å². The molecule has 1 aliphatic rings. The maximum absolute atomic E-state index is 7.14. The molecule has 4 atom stereocenters. The number of nitrogens with zero attached hydrogens (tertiary/aromatic N) is 4. The van der Waals surface area contributed by atoms with Gasteiger partial charge >= 0.3 is 0 Å². The second-order valence-corrected chi connectivity index (χ2v) is 12.3. The van der Waals surface area contributed by atoms with Crippen LogP contribution in [0.5, 0.6) is 0 Å². The number of hydrogen-bond acceptors (Lipinski definition) is 8. The van der Waals surface area contributed by atoms with Crippen LogP contribution in [-0.2, 0) is 55.8 Å². The third-order valence-corrected chi connectivity index (χ3v) is 8.81. The van der Waals surface area contributed by atoms with Crippen LogP contribution in [0.3, 0.4) is 0 Å². The Balaban J connectivity index is 1.28. The van der Waals surface area contributed by atoms with Crippen LogP contribution in [0, 0.1) is 0 Å². The van der Waals surface area contributed by atoms with Gasteiger partial charge in [-0.05, 0) is 22.3 Å². The van der Waals surface area contributed by atoms with Gasteiger partial charge < -0.3 is 23.7 Å². The molecule has 0 aliphatic carbocycles. The molecule has 1 aliphatic heterocycles. The smallest absolute Gasteiger partial charge is 0.200 e. The molecule has 0 N–H and O–H groups in total. The van der Waals surface area contributed by atoms with Crippen molar-refractivity contribution in [3.05, 3.63) is 161 Å². The summed E-state index contributed by atoms with van der Waals surface area (Å²) in [6.07, 6.45) is 1.26. The average Bonchev–Trinajstić information content (AvgIpc) is 3.72. The Morgan fingerprint density at radius 2 is 1.16 bits per heavy atom. The predicted octanol–water partition coefficient (Wildman–Crippen LogP) is 7.14. The Morgan fingerprint density at radius 3 is 1.76 bits per heavy atom. The van der Waals surface area contributed by atoms with Crippen molar-refractivity contribution in [2.75, 3.05) is 13.2 Å². The summed E-state index contributed by atoms with van der Waals surface area (Å²) in [6, 6.07) is 40.1. The minimum absolute atomic E-state index is 0.0921. The van der Waals surface area contributed by atoms with E-state index in [2.05, 4.69) is 15.0 Å². The Bertz CT molecular complexity index is 1900. The monoisotopic (exact) mass is 676 g/mol. The molecule has 9 nitrogen and oxygen atoms in total. The molecule has 3 heterocycles. The first-order chi connectivity index (χ1) is 24.2. The first-order valence-electron chi connectivity index (χ1n) is 16.3. The normalized spacial score (nSPS) is 20.6. The lowest BCUT2D eigenvalue weighted by Gasteiger charge is -2.36. The summed E-state index contributed by atoms with van der Waals surface area (Å²) in [7, 11) is 0. The molecule has 10 heteroatoms. The zero-order valence-electron chi connectivity index (χ0n) is 26.9. The molecule has 6 aromatic rings. The molecular weight excluding hydrogens is 640 g/mol. The summed E-state index contributed by atoms with van der Waals surface area (Å²) in [4.78, 5) is 13.4. The van der Waals surface area contributed by atoms with E-state index in [1.807, 2.05) is 126 Å². The Labute approximate surface area is 290 Å². The largest absolute Gasteiger partial charge is 0.374 e. The molecule has 1 saturated heterocycles. The number of halogens is 1. The number of imidazole rings is 1. The molecular formula is C39H37ClN4O5. The van der Waals surface area contributed by atoms with Gasteiger partial charge in [0, 0.05) is 0 Å². The summed E-state index contributed by atoms with van der Waals surface area (Å²) in [5, 5.41) is 0.239. The third kappa shape index (κ3) is 7.73. The van der Waals surface area contributed by atoms with E-state index >= 15 is 0 Å². The second-order valence-electron chi connectivity index (χ2n) is 11.9. The molecule has 0 saturated carbocycles.